The molecule has 18 heteroatoms. The zero-order valence-corrected chi connectivity index (χ0v) is 34.7. The van der Waals surface area contributed by atoms with Gasteiger partial charge in [0.2, 0.25) is 0 Å². The summed E-state index contributed by atoms with van der Waals surface area (Å²) >= 11 is 0. The Morgan fingerprint density at radius 2 is 0.929 bits per heavy atom. The van der Waals surface area contributed by atoms with Crippen molar-refractivity contribution in [2.45, 2.75) is 77.3 Å². The van der Waals surface area contributed by atoms with E-state index in [2.05, 4.69) is 51.4 Å². The maximum atomic E-state index is 6.40. The molecule has 0 saturated carbocycles. The maximum absolute atomic E-state index is 6.40. The summed E-state index contributed by atoms with van der Waals surface area (Å²) in [7, 11) is -14.3. The first-order valence-electron chi connectivity index (χ1n) is 14.8. The standard InChI is InChI=1S/C24H46O10Si8/c1-35-27-37(3)31-41(7,32-38(4)28-35)19-11-17-25-23-15-16-24(22-14-10-9-13-21(22)23)26-18-12-20-42(8)33-39(5)29-36(2)30-40(6)34-42/h9-10,13-16,37-40H,11-12,17-20H2,1-8H3. The number of hydrogen-bond donors (Lipinski definition) is 0. The monoisotopic (exact) mass is 718 g/mol. The third kappa shape index (κ3) is 10.4. The molecule has 4 rings (SSSR count). The highest BCUT2D eigenvalue weighted by Crippen LogP contribution is 2.34. The van der Waals surface area contributed by atoms with Crippen molar-refractivity contribution in [3.8, 4) is 11.5 Å². The maximum Gasteiger partial charge on any atom is 0.361 e. The highest BCUT2D eigenvalue weighted by molar-refractivity contribution is 6.82. The molecule has 0 aromatic heterocycles. The van der Waals surface area contributed by atoms with E-state index >= 15 is 0 Å². The molecular weight excluding hydrogens is 673 g/mol. The zero-order chi connectivity index (χ0) is 30.3. The molecule has 0 N–H and O–H groups in total. The lowest BCUT2D eigenvalue weighted by molar-refractivity contribution is 0.264. The molecule has 2 fully saturated rings. The lowest BCUT2D eigenvalue weighted by Gasteiger charge is -2.36. The van der Waals surface area contributed by atoms with Gasteiger partial charge in [0.15, 0.2) is 0 Å². The van der Waals surface area contributed by atoms with Crippen LogP contribution in [-0.4, -0.2) is 86.0 Å². The quantitative estimate of drug-likeness (QED) is 0.262. The number of hydrogen-bond acceptors (Lipinski definition) is 10. The Balaban J connectivity index is 1.30. The highest BCUT2D eigenvalue weighted by atomic mass is 28.5. The van der Waals surface area contributed by atoms with E-state index in [4.69, 9.17) is 42.4 Å². The molecular formula is C24H46O10Si8. The number of ether oxygens (including phenoxy) is 2. The lowest BCUT2D eigenvalue weighted by Crippen LogP contribution is -2.53. The Kier molecular flexibility index (Phi) is 13.0. The summed E-state index contributed by atoms with van der Waals surface area (Å²) in [4.78, 5) is 0. The molecule has 2 aliphatic heterocycles. The smallest absolute Gasteiger partial charge is 0.361 e. The van der Waals surface area contributed by atoms with Gasteiger partial charge in [0.25, 0.3) is 37.1 Å². The summed E-state index contributed by atoms with van der Waals surface area (Å²) < 4.78 is 62.2. The first-order chi connectivity index (χ1) is 19.9. The second-order valence-electron chi connectivity index (χ2n) is 11.0. The van der Waals surface area contributed by atoms with Crippen LogP contribution < -0.4 is 9.47 Å². The van der Waals surface area contributed by atoms with E-state index in [1.807, 2.05) is 37.4 Å². The molecule has 0 bridgehead atoms. The van der Waals surface area contributed by atoms with E-state index in [1.165, 1.54) is 0 Å². The van der Waals surface area contributed by atoms with Crippen molar-refractivity contribution in [3.05, 3.63) is 36.4 Å². The van der Waals surface area contributed by atoms with Gasteiger partial charge in [-0.3, -0.25) is 0 Å². The van der Waals surface area contributed by atoms with E-state index < -0.39 is 72.8 Å². The molecule has 2 aliphatic rings. The first kappa shape index (κ1) is 34.6. The molecule has 2 saturated heterocycles. The van der Waals surface area contributed by atoms with Gasteiger partial charge < -0.3 is 42.4 Å². The molecule has 2 heterocycles. The predicted octanol–water partition coefficient (Wildman–Crippen LogP) is 4.32. The normalized spacial score (nSPS) is 32.1. The summed E-state index contributed by atoms with van der Waals surface area (Å²) in [6.07, 6.45) is 1.68. The van der Waals surface area contributed by atoms with E-state index in [-0.39, 0.29) is 0 Å². The second kappa shape index (κ2) is 15.8. The molecule has 0 amide bonds. The van der Waals surface area contributed by atoms with Crippen LogP contribution in [-0.2, 0) is 32.9 Å². The van der Waals surface area contributed by atoms with Gasteiger partial charge in [0.05, 0.1) is 13.2 Å². The fraction of sp³-hybridized carbons (Fsp3) is 0.583. The molecule has 42 heavy (non-hydrogen) atoms. The van der Waals surface area contributed by atoms with Crippen LogP contribution in [0.2, 0.25) is 64.5 Å². The van der Waals surface area contributed by atoms with Gasteiger partial charge in [0.1, 0.15) is 11.5 Å². The number of fused-ring (bicyclic) bond motifs is 1. The Hall–Kier alpha value is -0.285. The Morgan fingerprint density at radius 3 is 1.26 bits per heavy atom. The molecule has 10 nitrogen and oxygen atoms in total. The van der Waals surface area contributed by atoms with Gasteiger partial charge in [-0.25, -0.2) is 0 Å². The van der Waals surface area contributed by atoms with Crippen molar-refractivity contribution in [3.63, 3.8) is 0 Å². The van der Waals surface area contributed by atoms with E-state index in [0.717, 1.165) is 47.2 Å². The third-order valence-corrected chi connectivity index (χ3v) is 33.3. The van der Waals surface area contributed by atoms with Crippen LogP contribution in [0, 0.1) is 0 Å². The topological polar surface area (TPSA) is 92.3 Å². The fourth-order valence-electron chi connectivity index (χ4n) is 5.43. The van der Waals surface area contributed by atoms with Gasteiger partial charge in [-0.15, -0.1) is 0 Å². The van der Waals surface area contributed by atoms with Crippen LogP contribution >= 0.6 is 0 Å². The summed E-state index contributed by atoms with van der Waals surface area (Å²) in [6, 6.07) is 13.9. The Bertz CT molecular complexity index is 1040. The van der Waals surface area contributed by atoms with Gasteiger partial charge in [-0.05, 0) is 89.4 Å². The van der Waals surface area contributed by atoms with Crippen LogP contribution in [0.5, 0.6) is 11.5 Å². The minimum atomic E-state index is -2.36. The van der Waals surface area contributed by atoms with Gasteiger partial charge in [0, 0.05) is 10.8 Å². The molecule has 0 spiro atoms. The molecule has 2 aromatic carbocycles. The molecule has 0 aliphatic carbocycles. The molecule has 2 radical (unpaired) electrons. The van der Waals surface area contributed by atoms with Crippen LogP contribution in [0.1, 0.15) is 12.8 Å². The van der Waals surface area contributed by atoms with E-state index in [1.54, 1.807) is 0 Å². The number of rotatable bonds is 10. The fourth-order valence-corrected chi connectivity index (χ4v) is 33.0. The van der Waals surface area contributed by atoms with Gasteiger partial charge in [-0.1, -0.05) is 24.3 Å². The number of benzene rings is 2. The lowest BCUT2D eigenvalue weighted by atomic mass is 10.1. The van der Waals surface area contributed by atoms with Crippen molar-refractivity contribution >= 4 is 83.6 Å². The summed E-state index contributed by atoms with van der Waals surface area (Å²) in [5, 5.41) is 2.08. The van der Waals surface area contributed by atoms with Gasteiger partial charge in [-0.2, -0.15) is 0 Å². The predicted molar refractivity (Wildman–Crippen MR) is 181 cm³/mol. The molecule has 234 valence electrons. The first-order valence-corrected chi connectivity index (χ1v) is 31.8. The summed E-state index contributed by atoms with van der Waals surface area (Å²) in [5.41, 5.74) is 0. The highest BCUT2D eigenvalue weighted by Gasteiger charge is 2.40. The Labute approximate surface area is 263 Å². The van der Waals surface area contributed by atoms with Crippen molar-refractivity contribution in [2.24, 2.45) is 0 Å². The van der Waals surface area contributed by atoms with Crippen LogP contribution in [0.25, 0.3) is 10.8 Å². The van der Waals surface area contributed by atoms with Crippen molar-refractivity contribution in [2.75, 3.05) is 13.2 Å². The molecule has 2 aromatic rings. The average molecular weight is 719 g/mol. The van der Waals surface area contributed by atoms with E-state index in [9.17, 15) is 0 Å². The van der Waals surface area contributed by atoms with E-state index in [0.29, 0.717) is 13.2 Å². The van der Waals surface area contributed by atoms with Crippen molar-refractivity contribution in [1.82, 2.24) is 0 Å². The average Bonchev–Trinajstić information content (AvgIpc) is 2.87. The molecule has 4 unspecified atom stereocenters. The largest absolute Gasteiger partial charge is 0.493 e. The third-order valence-electron chi connectivity index (χ3n) is 6.90. The van der Waals surface area contributed by atoms with Crippen molar-refractivity contribution < 1.29 is 42.4 Å². The van der Waals surface area contributed by atoms with Crippen LogP contribution in [0.3, 0.4) is 0 Å². The summed E-state index contributed by atoms with van der Waals surface area (Å²) in [6.45, 7) is 17.7. The zero-order valence-electron chi connectivity index (χ0n) is 26.1. The van der Waals surface area contributed by atoms with Crippen LogP contribution in [0.4, 0.5) is 0 Å². The minimum absolute atomic E-state index is 0.580. The Morgan fingerprint density at radius 1 is 0.595 bits per heavy atom. The van der Waals surface area contributed by atoms with Crippen molar-refractivity contribution in [1.29, 1.82) is 0 Å². The van der Waals surface area contributed by atoms with Crippen LogP contribution in [0.15, 0.2) is 36.4 Å². The SMILES string of the molecule is C[Si]1O[SiH](C)O[Si](C)(CCCOc2ccc(OCCC[Si]3(C)O[SiH](C)O[Si](C)O[SiH](C)O3)c3ccccc23)O[SiH](C)O1. The molecule has 4 atom stereocenters. The van der Waals surface area contributed by atoms with Gasteiger partial charge >= 0.3 is 35.7 Å². The summed E-state index contributed by atoms with van der Waals surface area (Å²) in [5.74, 6) is 1.70. The second-order valence-corrected chi connectivity index (χ2v) is 30.6. The minimum Gasteiger partial charge on any atom is -0.493 e.